The summed E-state index contributed by atoms with van der Waals surface area (Å²) in [5, 5.41) is 0. The first-order chi connectivity index (χ1) is 10.0. The second-order valence-corrected chi connectivity index (χ2v) is 4.37. The van der Waals surface area contributed by atoms with E-state index in [9.17, 15) is 0 Å². The summed E-state index contributed by atoms with van der Waals surface area (Å²) in [6.45, 7) is 0. The minimum atomic E-state index is 0. The summed E-state index contributed by atoms with van der Waals surface area (Å²) in [6.07, 6.45) is 38.0. The lowest BCUT2D eigenvalue weighted by molar-refractivity contribution is 1.45. The predicted octanol–water partition coefficient (Wildman–Crippen LogP) is 11.1. The molecule has 0 heteroatoms. The van der Waals surface area contributed by atoms with Crippen LogP contribution in [0.4, 0.5) is 0 Å². The molecule has 0 spiro atoms. The van der Waals surface area contributed by atoms with Gasteiger partial charge in [-0.15, -0.1) is 0 Å². The first-order valence-corrected chi connectivity index (χ1v) is 7.27. The van der Waals surface area contributed by atoms with Crippen LogP contribution in [0.25, 0.3) is 0 Å². The van der Waals surface area contributed by atoms with Crippen LogP contribution in [-0.4, -0.2) is 0 Å². The third kappa shape index (κ3) is 39.1. The molecule has 0 saturated carbocycles. The molecule has 0 unspecified atom stereocenters. The van der Waals surface area contributed by atoms with Crippen LogP contribution in [-0.2, 0) is 0 Å². The predicted molar refractivity (Wildman–Crippen MR) is 145 cm³/mol. The van der Waals surface area contributed by atoms with E-state index in [4.69, 9.17) is 0 Å². The van der Waals surface area contributed by atoms with Crippen LogP contribution in [0.15, 0.2) is 97.2 Å². The van der Waals surface area contributed by atoms with E-state index < -0.39 is 0 Å². The maximum atomic E-state index is 2.12. The Morgan fingerprint density at radius 2 is 0.321 bits per heavy atom. The van der Waals surface area contributed by atoms with Crippen LogP contribution < -0.4 is 0 Å². The van der Waals surface area contributed by atoms with Crippen molar-refractivity contribution in [3.63, 3.8) is 0 Å². The molecular formula is C28H56. The lowest BCUT2D eigenvalue weighted by atomic mass is 10.5. The number of allylic oxidation sites excluding steroid dienone is 16. The van der Waals surface area contributed by atoms with Gasteiger partial charge in [0.1, 0.15) is 0 Å². The van der Waals surface area contributed by atoms with Crippen LogP contribution >= 0.6 is 0 Å². The van der Waals surface area contributed by atoms with Crippen molar-refractivity contribution in [3.05, 3.63) is 97.2 Å². The summed E-state index contributed by atoms with van der Waals surface area (Å²) in [4.78, 5) is 0. The van der Waals surface area contributed by atoms with Gasteiger partial charge in [0.15, 0.2) is 0 Å². The molecule has 0 heterocycles. The molecule has 0 aromatic rings. The second kappa shape index (κ2) is 44.4. The smallest absolute Gasteiger partial charge is 0.0163 e. The van der Waals surface area contributed by atoms with E-state index in [-0.39, 0.29) is 59.4 Å². The molecule has 0 aromatic heterocycles. The Bertz CT molecular complexity index is 320. The third-order valence-corrected chi connectivity index (χ3v) is 2.62. The molecule has 0 saturated heterocycles. The molecule has 0 nitrogen and oxygen atoms in total. The van der Waals surface area contributed by atoms with Gasteiger partial charge in [-0.1, -0.05) is 157 Å². The molecule has 0 fully saturated rings. The molecule has 0 bridgehead atoms. The van der Waals surface area contributed by atoms with E-state index in [0.29, 0.717) is 0 Å². The average Bonchev–Trinajstić information content (AvgIpc) is 3.40. The molecule has 0 amide bonds. The zero-order valence-electron chi connectivity index (χ0n) is 12.1. The van der Waals surface area contributed by atoms with E-state index >= 15 is 0 Å². The van der Waals surface area contributed by atoms with Crippen LogP contribution in [0.2, 0.25) is 0 Å². The van der Waals surface area contributed by atoms with Crippen molar-refractivity contribution in [2.45, 2.75) is 85.1 Å². The summed E-state index contributed by atoms with van der Waals surface area (Å²) in [6, 6.07) is 0. The maximum Gasteiger partial charge on any atom is -0.0163 e. The van der Waals surface area contributed by atoms with Crippen molar-refractivity contribution in [2.75, 3.05) is 0 Å². The van der Waals surface area contributed by atoms with Gasteiger partial charge in [0.25, 0.3) is 0 Å². The molecule has 28 heavy (non-hydrogen) atoms. The monoisotopic (exact) mass is 392 g/mol. The molecule has 0 aromatic carbocycles. The first-order valence-electron chi connectivity index (χ1n) is 7.27. The average molecular weight is 393 g/mol. The van der Waals surface area contributed by atoms with E-state index in [1.165, 1.54) is 0 Å². The Labute approximate surface area is 182 Å². The zero-order valence-corrected chi connectivity index (χ0v) is 12.1. The minimum absolute atomic E-state index is 0. The highest BCUT2D eigenvalue weighted by molar-refractivity contribution is 5.13. The number of rotatable bonds is 0. The molecule has 0 aliphatic heterocycles. The lowest BCUT2D eigenvalue weighted by Crippen LogP contribution is -1.37. The Morgan fingerprint density at radius 3 is 0.357 bits per heavy atom. The van der Waals surface area contributed by atoms with Gasteiger partial charge in [-0.25, -0.2) is 0 Å². The number of hydrogen-bond donors (Lipinski definition) is 0. The van der Waals surface area contributed by atoms with Crippen LogP contribution in [0.1, 0.15) is 85.1 Å². The lowest BCUT2D eigenvalue weighted by Gasteiger charge is -1.57. The van der Waals surface area contributed by atoms with E-state index in [0.717, 1.165) is 25.7 Å². The van der Waals surface area contributed by atoms with Crippen molar-refractivity contribution >= 4 is 0 Å². The highest BCUT2D eigenvalue weighted by atomic mass is 13.8. The molecular weight excluding hydrogens is 336 g/mol. The molecule has 4 aliphatic rings. The van der Waals surface area contributed by atoms with Gasteiger partial charge < -0.3 is 0 Å². The molecule has 4 aliphatic carbocycles. The summed E-state index contributed by atoms with van der Waals surface area (Å²) >= 11 is 0. The molecule has 0 radical (unpaired) electrons. The normalized spacial score (nSPS) is 12.6. The fourth-order valence-electron chi connectivity index (χ4n) is 1.57. The van der Waals surface area contributed by atoms with E-state index in [1.54, 1.807) is 0 Å². The quantitative estimate of drug-likeness (QED) is 0.384. The Kier molecular flexibility index (Phi) is 79.5. The highest BCUT2D eigenvalue weighted by Gasteiger charge is 1.73. The van der Waals surface area contributed by atoms with Gasteiger partial charge >= 0.3 is 0 Å². The van der Waals surface area contributed by atoms with Gasteiger partial charge in [0.05, 0.1) is 0 Å². The Morgan fingerprint density at radius 1 is 0.214 bits per heavy atom. The van der Waals surface area contributed by atoms with Crippen molar-refractivity contribution in [1.29, 1.82) is 0 Å². The standard InChI is InChI=1S/4C5H6.8CH4/c4*1-2-4-5-3-1;;;;;;;;/h4*1-4H,5H2;8*1H4. The van der Waals surface area contributed by atoms with E-state index in [2.05, 4.69) is 97.2 Å². The SMILES string of the molecule is C.C.C.C.C.C.C.C.C1=CCC=C1.C1=CCC=C1.C1=CCC=C1.C1=CCC=C1. The molecule has 0 atom stereocenters. The van der Waals surface area contributed by atoms with Crippen LogP contribution in [0, 0.1) is 0 Å². The van der Waals surface area contributed by atoms with Crippen LogP contribution in [0.5, 0.6) is 0 Å². The van der Waals surface area contributed by atoms with Crippen molar-refractivity contribution < 1.29 is 0 Å². The zero-order chi connectivity index (χ0) is 14.1. The fourth-order valence-corrected chi connectivity index (χ4v) is 1.57. The van der Waals surface area contributed by atoms with Gasteiger partial charge in [0.2, 0.25) is 0 Å². The minimum Gasteiger partial charge on any atom is -0.0808 e. The first kappa shape index (κ1) is 50.1. The van der Waals surface area contributed by atoms with Crippen LogP contribution in [0.3, 0.4) is 0 Å². The Hall–Kier alpha value is -2.08. The second-order valence-electron chi connectivity index (χ2n) is 4.37. The summed E-state index contributed by atoms with van der Waals surface area (Å²) in [7, 11) is 0. The van der Waals surface area contributed by atoms with E-state index in [1.807, 2.05) is 0 Å². The summed E-state index contributed by atoms with van der Waals surface area (Å²) < 4.78 is 0. The Balaban J connectivity index is -0.0000000290. The molecule has 168 valence electrons. The summed E-state index contributed by atoms with van der Waals surface area (Å²) in [5.41, 5.74) is 0. The third-order valence-electron chi connectivity index (χ3n) is 2.62. The van der Waals surface area contributed by atoms with Crippen molar-refractivity contribution in [3.8, 4) is 0 Å². The van der Waals surface area contributed by atoms with Gasteiger partial charge in [0, 0.05) is 0 Å². The summed E-state index contributed by atoms with van der Waals surface area (Å²) in [5.74, 6) is 0. The topological polar surface area (TPSA) is 0 Å². The van der Waals surface area contributed by atoms with Gasteiger partial charge in [-0.3, -0.25) is 0 Å². The van der Waals surface area contributed by atoms with Gasteiger partial charge in [-0.2, -0.15) is 0 Å². The van der Waals surface area contributed by atoms with Crippen molar-refractivity contribution in [1.82, 2.24) is 0 Å². The number of hydrogen-bond acceptors (Lipinski definition) is 0. The largest absolute Gasteiger partial charge is 0.0808 e. The van der Waals surface area contributed by atoms with Crippen molar-refractivity contribution in [2.24, 2.45) is 0 Å². The molecule has 4 rings (SSSR count). The fraction of sp³-hybridized carbons (Fsp3) is 0.429. The highest BCUT2D eigenvalue weighted by Crippen LogP contribution is 1.94. The maximum absolute atomic E-state index is 2.12. The molecule has 0 N–H and O–H groups in total. The van der Waals surface area contributed by atoms with Gasteiger partial charge in [-0.05, 0) is 25.7 Å².